The summed E-state index contributed by atoms with van der Waals surface area (Å²) >= 11 is 0. The van der Waals surface area contributed by atoms with Crippen molar-refractivity contribution in [2.24, 2.45) is 17.8 Å². The lowest BCUT2D eigenvalue weighted by Gasteiger charge is -2.26. The molecule has 1 saturated carbocycles. The van der Waals surface area contributed by atoms with Gasteiger partial charge in [-0.1, -0.05) is 25.0 Å². The van der Waals surface area contributed by atoms with Crippen LogP contribution in [0.15, 0.2) is 42.9 Å². The zero-order valence-electron chi connectivity index (χ0n) is 23.8. The summed E-state index contributed by atoms with van der Waals surface area (Å²) in [6.45, 7) is 7.86. The van der Waals surface area contributed by atoms with Gasteiger partial charge in [0, 0.05) is 51.0 Å². The number of nitrogens with zero attached hydrogens (tertiary/aromatic N) is 6. The Bertz CT molecular complexity index is 1390. The number of rotatable bonds is 8. The second-order valence-electron chi connectivity index (χ2n) is 11.9. The van der Waals surface area contributed by atoms with Gasteiger partial charge in [-0.3, -0.25) is 14.6 Å². The summed E-state index contributed by atoms with van der Waals surface area (Å²) in [6.07, 6.45) is 9.67. The van der Waals surface area contributed by atoms with Crippen molar-refractivity contribution in [1.82, 2.24) is 34.9 Å². The molecule has 216 valence electrons. The van der Waals surface area contributed by atoms with E-state index >= 15 is 0 Å². The maximum absolute atomic E-state index is 14.1. The minimum Gasteiger partial charge on any atom is -0.349 e. The van der Waals surface area contributed by atoms with Crippen LogP contribution >= 0.6 is 0 Å². The first-order chi connectivity index (χ1) is 19.9. The maximum atomic E-state index is 14.1. The van der Waals surface area contributed by atoms with Crippen molar-refractivity contribution >= 4 is 11.8 Å². The highest BCUT2D eigenvalue weighted by Crippen LogP contribution is 2.34. The standard InChI is InChI=1S/C31H38FN7O2/c1-20-29(21(2)39(36-20)28-15-33-11-12-34-28)31(41)38-18-24-16-37(17-25(24)19-38)13-10-27(23-8-5-9-26(32)14-23)35-30(40)22-6-3-4-7-22/h5,8-9,11-12,14-15,22,24-25,27H,3-4,6-7,10,13,16-19H2,1-2H3,(H,35,40). The second kappa shape index (κ2) is 11.7. The average molecular weight is 560 g/mol. The van der Waals surface area contributed by atoms with Crippen LogP contribution in [0.2, 0.25) is 0 Å². The fourth-order valence-corrected chi connectivity index (χ4v) is 7.01. The molecule has 2 aliphatic heterocycles. The summed E-state index contributed by atoms with van der Waals surface area (Å²) in [7, 11) is 0. The molecule has 2 amide bonds. The number of hydrogen-bond donors (Lipinski definition) is 1. The largest absolute Gasteiger partial charge is 0.349 e. The van der Waals surface area contributed by atoms with E-state index in [2.05, 4.69) is 25.3 Å². The molecule has 0 radical (unpaired) electrons. The summed E-state index contributed by atoms with van der Waals surface area (Å²) in [6, 6.07) is 6.39. The molecule has 3 unspecified atom stereocenters. The zero-order valence-corrected chi connectivity index (χ0v) is 23.8. The first-order valence-electron chi connectivity index (χ1n) is 14.8. The Morgan fingerprint density at radius 2 is 1.83 bits per heavy atom. The van der Waals surface area contributed by atoms with Gasteiger partial charge in [-0.25, -0.2) is 14.1 Å². The second-order valence-corrected chi connectivity index (χ2v) is 11.9. The Morgan fingerprint density at radius 1 is 1.07 bits per heavy atom. The molecule has 10 heteroatoms. The van der Waals surface area contributed by atoms with Crippen LogP contribution < -0.4 is 5.32 Å². The maximum Gasteiger partial charge on any atom is 0.257 e. The van der Waals surface area contributed by atoms with Crippen molar-refractivity contribution in [3.63, 3.8) is 0 Å². The predicted molar refractivity (Wildman–Crippen MR) is 152 cm³/mol. The molecule has 2 saturated heterocycles. The number of benzene rings is 1. The molecule has 3 aliphatic rings. The smallest absolute Gasteiger partial charge is 0.257 e. The van der Waals surface area contributed by atoms with E-state index in [0.717, 1.165) is 76.1 Å². The molecule has 6 rings (SSSR count). The van der Waals surface area contributed by atoms with Gasteiger partial charge in [-0.05, 0) is 62.6 Å². The van der Waals surface area contributed by atoms with Crippen molar-refractivity contribution in [1.29, 1.82) is 0 Å². The molecule has 2 aromatic heterocycles. The van der Waals surface area contributed by atoms with Crippen molar-refractivity contribution in [2.75, 3.05) is 32.7 Å². The number of aryl methyl sites for hydroxylation is 1. The normalized spacial score (nSPS) is 21.8. The van der Waals surface area contributed by atoms with E-state index in [9.17, 15) is 14.0 Å². The van der Waals surface area contributed by atoms with Crippen LogP contribution in [0.4, 0.5) is 4.39 Å². The molecular formula is C31H38FN7O2. The first-order valence-corrected chi connectivity index (χ1v) is 14.8. The van der Waals surface area contributed by atoms with Crippen LogP contribution in [-0.4, -0.2) is 74.1 Å². The Morgan fingerprint density at radius 3 is 2.51 bits per heavy atom. The fourth-order valence-electron chi connectivity index (χ4n) is 7.01. The minimum absolute atomic E-state index is 0.0249. The lowest BCUT2D eigenvalue weighted by atomic mass is 10.0. The van der Waals surface area contributed by atoms with Gasteiger partial charge >= 0.3 is 0 Å². The van der Waals surface area contributed by atoms with Gasteiger partial charge < -0.3 is 15.1 Å². The number of amides is 2. The first kappa shape index (κ1) is 27.5. The summed E-state index contributed by atoms with van der Waals surface area (Å²) in [5, 5.41) is 7.82. The van der Waals surface area contributed by atoms with Gasteiger partial charge in [0.25, 0.3) is 5.91 Å². The van der Waals surface area contributed by atoms with Crippen LogP contribution in [0.5, 0.6) is 0 Å². The molecule has 1 aromatic carbocycles. The Labute approximate surface area is 240 Å². The van der Waals surface area contributed by atoms with E-state index in [4.69, 9.17) is 0 Å². The quantitative estimate of drug-likeness (QED) is 0.450. The number of aromatic nitrogens is 4. The molecule has 41 heavy (non-hydrogen) atoms. The van der Waals surface area contributed by atoms with Crippen molar-refractivity contribution in [2.45, 2.75) is 52.0 Å². The molecule has 3 atom stereocenters. The van der Waals surface area contributed by atoms with E-state index in [1.807, 2.05) is 24.8 Å². The Kier molecular flexibility index (Phi) is 7.84. The van der Waals surface area contributed by atoms with Crippen LogP contribution in [0, 0.1) is 37.4 Å². The number of hydrogen-bond acceptors (Lipinski definition) is 6. The molecule has 3 fully saturated rings. The van der Waals surface area contributed by atoms with Gasteiger partial charge in [-0.15, -0.1) is 0 Å². The number of carbonyl (C=O) groups is 2. The van der Waals surface area contributed by atoms with Crippen LogP contribution in [-0.2, 0) is 4.79 Å². The van der Waals surface area contributed by atoms with E-state index in [1.54, 1.807) is 29.3 Å². The van der Waals surface area contributed by atoms with Crippen LogP contribution in [0.1, 0.15) is 65.5 Å². The lowest BCUT2D eigenvalue weighted by molar-refractivity contribution is -0.125. The van der Waals surface area contributed by atoms with Gasteiger partial charge in [0.05, 0.1) is 29.2 Å². The fraction of sp³-hybridized carbons (Fsp3) is 0.516. The lowest BCUT2D eigenvalue weighted by Crippen LogP contribution is -2.37. The van der Waals surface area contributed by atoms with Crippen LogP contribution in [0.25, 0.3) is 5.82 Å². The molecule has 0 spiro atoms. The van der Waals surface area contributed by atoms with Crippen molar-refractivity contribution < 1.29 is 14.0 Å². The number of nitrogens with one attached hydrogen (secondary N) is 1. The molecule has 3 aromatic rings. The van der Waals surface area contributed by atoms with Gasteiger partial charge in [-0.2, -0.15) is 5.10 Å². The summed E-state index contributed by atoms with van der Waals surface area (Å²) < 4.78 is 15.7. The molecule has 0 bridgehead atoms. The third-order valence-electron chi connectivity index (χ3n) is 9.15. The van der Waals surface area contributed by atoms with E-state index in [0.29, 0.717) is 28.9 Å². The third-order valence-corrected chi connectivity index (χ3v) is 9.15. The third kappa shape index (κ3) is 5.75. The highest BCUT2D eigenvalue weighted by Gasteiger charge is 2.42. The minimum atomic E-state index is -0.282. The van der Waals surface area contributed by atoms with E-state index in [1.165, 1.54) is 12.1 Å². The number of likely N-dealkylation sites (tertiary alicyclic amines) is 2. The topological polar surface area (TPSA) is 96.2 Å². The number of halogens is 1. The van der Waals surface area contributed by atoms with Crippen LogP contribution in [0.3, 0.4) is 0 Å². The predicted octanol–water partition coefficient (Wildman–Crippen LogP) is 3.86. The number of fused-ring (bicyclic) bond motifs is 1. The summed E-state index contributed by atoms with van der Waals surface area (Å²) in [5.41, 5.74) is 2.93. The summed E-state index contributed by atoms with van der Waals surface area (Å²) in [5.74, 6) is 1.33. The van der Waals surface area contributed by atoms with Gasteiger partial charge in [0.2, 0.25) is 5.91 Å². The zero-order chi connectivity index (χ0) is 28.5. The van der Waals surface area contributed by atoms with Gasteiger partial charge in [0.1, 0.15) is 5.82 Å². The van der Waals surface area contributed by atoms with E-state index < -0.39 is 0 Å². The highest BCUT2D eigenvalue weighted by molar-refractivity contribution is 5.96. The highest BCUT2D eigenvalue weighted by atomic mass is 19.1. The summed E-state index contributed by atoms with van der Waals surface area (Å²) in [4.78, 5) is 39.4. The Balaban J connectivity index is 1.07. The van der Waals surface area contributed by atoms with Crippen molar-refractivity contribution in [3.8, 4) is 5.82 Å². The SMILES string of the molecule is Cc1nn(-c2cnccn2)c(C)c1C(=O)N1CC2CN(CCC(NC(=O)C3CCCC3)c3cccc(F)c3)CC2C1. The Hall–Kier alpha value is -3.66. The average Bonchev–Trinajstić information content (AvgIpc) is 3.75. The monoisotopic (exact) mass is 559 g/mol. The number of carbonyl (C=O) groups excluding carboxylic acids is 2. The molecule has 9 nitrogen and oxygen atoms in total. The molecule has 4 heterocycles. The molecular weight excluding hydrogens is 521 g/mol. The molecule has 1 aliphatic carbocycles. The molecule has 1 N–H and O–H groups in total. The van der Waals surface area contributed by atoms with Crippen molar-refractivity contribution in [3.05, 3.63) is 71.2 Å². The van der Waals surface area contributed by atoms with Gasteiger partial charge in [0.15, 0.2) is 5.82 Å². The van der Waals surface area contributed by atoms with E-state index in [-0.39, 0.29) is 29.6 Å².